The fourth-order valence-corrected chi connectivity index (χ4v) is 2.99. The van der Waals surface area contributed by atoms with Gasteiger partial charge in [0.2, 0.25) is 0 Å². The summed E-state index contributed by atoms with van der Waals surface area (Å²) in [6, 6.07) is 9.50. The number of carbonyl (C=O) groups excluding carboxylic acids is 1. The first-order valence-electron chi connectivity index (χ1n) is 7.68. The van der Waals surface area contributed by atoms with Crippen molar-refractivity contribution >= 4 is 22.6 Å². The van der Waals surface area contributed by atoms with E-state index in [0.717, 1.165) is 10.9 Å². The van der Waals surface area contributed by atoms with Gasteiger partial charge in [-0.3, -0.25) is 9.89 Å². The number of aromatic nitrogens is 2. The highest BCUT2D eigenvalue weighted by molar-refractivity contribution is 6.08. The number of nitrogens with zero attached hydrogens (tertiary/aromatic N) is 1. The molecule has 0 aliphatic heterocycles. The first-order chi connectivity index (χ1) is 11.1. The summed E-state index contributed by atoms with van der Waals surface area (Å²) >= 11 is 0. The molecule has 0 saturated heterocycles. The summed E-state index contributed by atoms with van der Waals surface area (Å²) in [6.45, 7) is 2.10. The van der Waals surface area contributed by atoms with Crippen LogP contribution in [0.3, 0.4) is 0 Å². The molecule has 1 aliphatic carbocycles. The monoisotopic (exact) mass is 309 g/mol. The van der Waals surface area contributed by atoms with Crippen molar-refractivity contribution in [3.63, 3.8) is 0 Å². The van der Waals surface area contributed by atoms with Gasteiger partial charge in [0.1, 0.15) is 5.82 Å². The van der Waals surface area contributed by atoms with Crippen molar-refractivity contribution < 1.29 is 9.18 Å². The molecule has 0 radical (unpaired) electrons. The minimum absolute atomic E-state index is 0.299. The Morgan fingerprint density at radius 3 is 2.65 bits per heavy atom. The highest BCUT2D eigenvalue weighted by Gasteiger charge is 2.28. The predicted octanol–water partition coefficient (Wildman–Crippen LogP) is 4.14. The van der Waals surface area contributed by atoms with Crippen LogP contribution in [-0.2, 0) is 0 Å². The Hall–Kier alpha value is -2.69. The van der Waals surface area contributed by atoms with Gasteiger partial charge in [-0.15, -0.1) is 0 Å². The van der Waals surface area contributed by atoms with Crippen molar-refractivity contribution in [3.05, 3.63) is 58.9 Å². The molecule has 0 bridgehead atoms. The standard InChI is InChI=1S/C18H16FN3O/c1-10-2-9-14-16(15(10)11-3-4-11)21-22-17(14)20-18(23)12-5-7-13(19)8-6-12/h2,5-9,11H,3-4H2,1H3,(H2,20,21,22,23). The summed E-state index contributed by atoms with van der Waals surface area (Å²) < 4.78 is 13.0. The van der Waals surface area contributed by atoms with Crippen molar-refractivity contribution in [1.82, 2.24) is 10.2 Å². The molecule has 116 valence electrons. The normalized spacial score (nSPS) is 14.2. The largest absolute Gasteiger partial charge is 0.305 e. The number of nitrogens with one attached hydrogen (secondary N) is 2. The average Bonchev–Trinajstić information content (AvgIpc) is 3.29. The molecule has 1 aliphatic rings. The lowest BCUT2D eigenvalue weighted by molar-refractivity contribution is 0.102. The number of aryl methyl sites for hydroxylation is 1. The number of anilines is 1. The molecule has 1 fully saturated rings. The van der Waals surface area contributed by atoms with E-state index in [-0.39, 0.29) is 11.7 Å². The van der Waals surface area contributed by atoms with Gasteiger partial charge in [0, 0.05) is 10.9 Å². The zero-order chi connectivity index (χ0) is 16.0. The van der Waals surface area contributed by atoms with Crippen LogP contribution in [0.1, 0.15) is 40.2 Å². The van der Waals surface area contributed by atoms with Gasteiger partial charge in [0.05, 0.1) is 5.52 Å². The Kier molecular flexibility index (Phi) is 3.15. The number of fused-ring (bicyclic) bond motifs is 1. The van der Waals surface area contributed by atoms with Gasteiger partial charge in [-0.25, -0.2) is 4.39 Å². The van der Waals surface area contributed by atoms with Gasteiger partial charge in [0.25, 0.3) is 5.91 Å². The molecule has 5 heteroatoms. The van der Waals surface area contributed by atoms with Crippen molar-refractivity contribution in [2.45, 2.75) is 25.7 Å². The highest BCUT2D eigenvalue weighted by Crippen LogP contribution is 2.45. The smallest absolute Gasteiger partial charge is 0.256 e. The zero-order valence-electron chi connectivity index (χ0n) is 12.7. The van der Waals surface area contributed by atoms with E-state index in [0.29, 0.717) is 17.3 Å². The summed E-state index contributed by atoms with van der Waals surface area (Å²) in [7, 11) is 0. The summed E-state index contributed by atoms with van der Waals surface area (Å²) in [5.41, 5.74) is 3.95. The third-order valence-corrected chi connectivity index (χ3v) is 4.32. The fraction of sp³-hybridized carbons (Fsp3) is 0.222. The van der Waals surface area contributed by atoms with Crippen LogP contribution < -0.4 is 5.32 Å². The second kappa shape index (κ2) is 5.19. The van der Waals surface area contributed by atoms with E-state index in [4.69, 9.17) is 0 Å². The molecular weight excluding hydrogens is 293 g/mol. The molecule has 23 heavy (non-hydrogen) atoms. The molecule has 2 N–H and O–H groups in total. The number of benzene rings is 2. The number of halogens is 1. The lowest BCUT2D eigenvalue weighted by Crippen LogP contribution is -2.12. The number of H-pyrrole nitrogens is 1. The van der Waals surface area contributed by atoms with Crippen LogP contribution >= 0.6 is 0 Å². The van der Waals surface area contributed by atoms with E-state index in [1.54, 1.807) is 0 Å². The first kappa shape index (κ1) is 13.9. The molecule has 2 aromatic carbocycles. The van der Waals surface area contributed by atoms with E-state index in [2.05, 4.69) is 28.5 Å². The molecular formula is C18H16FN3O. The molecule has 3 aromatic rings. The van der Waals surface area contributed by atoms with Gasteiger partial charge in [-0.2, -0.15) is 5.10 Å². The third kappa shape index (κ3) is 2.48. The molecule has 1 heterocycles. The quantitative estimate of drug-likeness (QED) is 0.764. The van der Waals surface area contributed by atoms with Crippen molar-refractivity contribution in [2.24, 2.45) is 0 Å². The van der Waals surface area contributed by atoms with Crippen LogP contribution in [0, 0.1) is 12.7 Å². The average molecular weight is 309 g/mol. The number of hydrogen-bond donors (Lipinski definition) is 2. The van der Waals surface area contributed by atoms with Crippen LogP contribution in [-0.4, -0.2) is 16.1 Å². The second-order valence-corrected chi connectivity index (χ2v) is 6.03. The Balaban J connectivity index is 1.68. The van der Waals surface area contributed by atoms with Crippen LogP contribution in [0.25, 0.3) is 10.9 Å². The van der Waals surface area contributed by atoms with E-state index in [9.17, 15) is 9.18 Å². The number of aromatic amines is 1. The molecule has 1 saturated carbocycles. The van der Waals surface area contributed by atoms with Crippen LogP contribution in [0.5, 0.6) is 0 Å². The van der Waals surface area contributed by atoms with Gasteiger partial charge in [-0.05, 0) is 67.1 Å². The van der Waals surface area contributed by atoms with Gasteiger partial charge >= 0.3 is 0 Å². The molecule has 4 rings (SSSR count). The van der Waals surface area contributed by atoms with Crippen LogP contribution in [0.2, 0.25) is 0 Å². The van der Waals surface area contributed by atoms with Gasteiger partial charge in [-0.1, -0.05) is 6.07 Å². The SMILES string of the molecule is Cc1ccc2c(NC(=O)c3ccc(F)cc3)n[nH]c2c1C1CC1. The lowest BCUT2D eigenvalue weighted by Gasteiger charge is -2.06. The van der Waals surface area contributed by atoms with E-state index < -0.39 is 0 Å². The molecule has 0 atom stereocenters. The minimum Gasteiger partial charge on any atom is -0.305 e. The fourth-order valence-electron chi connectivity index (χ4n) is 2.99. The lowest BCUT2D eigenvalue weighted by atomic mass is 10.0. The summed E-state index contributed by atoms with van der Waals surface area (Å²) in [4.78, 5) is 12.3. The van der Waals surface area contributed by atoms with E-state index in [1.807, 2.05) is 6.07 Å². The minimum atomic E-state index is -0.365. The maximum absolute atomic E-state index is 13.0. The summed E-state index contributed by atoms with van der Waals surface area (Å²) in [5, 5.41) is 11.0. The van der Waals surface area contributed by atoms with Crippen molar-refractivity contribution in [1.29, 1.82) is 0 Å². The van der Waals surface area contributed by atoms with Gasteiger partial charge in [0.15, 0.2) is 5.82 Å². The zero-order valence-corrected chi connectivity index (χ0v) is 12.7. The van der Waals surface area contributed by atoms with E-state index >= 15 is 0 Å². The van der Waals surface area contributed by atoms with Crippen LogP contribution in [0.15, 0.2) is 36.4 Å². The highest BCUT2D eigenvalue weighted by atomic mass is 19.1. The Morgan fingerprint density at radius 1 is 1.22 bits per heavy atom. The Morgan fingerprint density at radius 2 is 1.96 bits per heavy atom. The summed E-state index contributed by atoms with van der Waals surface area (Å²) in [5.74, 6) is 0.444. The summed E-state index contributed by atoms with van der Waals surface area (Å²) in [6.07, 6.45) is 2.41. The predicted molar refractivity (Wildman–Crippen MR) is 87.2 cm³/mol. The van der Waals surface area contributed by atoms with Gasteiger partial charge < -0.3 is 5.32 Å². The maximum Gasteiger partial charge on any atom is 0.256 e. The second-order valence-electron chi connectivity index (χ2n) is 6.03. The first-order valence-corrected chi connectivity index (χ1v) is 7.68. The molecule has 1 aromatic heterocycles. The molecule has 0 unspecified atom stereocenters. The number of amides is 1. The van der Waals surface area contributed by atoms with Crippen LogP contribution in [0.4, 0.5) is 10.2 Å². The number of hydrogen-bond acceptors (Lipinski definition) is 2. The maximum atomic E-state index is 13.0. The molecule has 1 amide bonds. The molecule has 0 spiro atoms. The number of carbonyl (C=O) groups is 1. The van der Waals surface area contributed by atoms with Crippen molar-refractivity contribution in [2.75, 3.05) is 5.32 Å². The number of rotatable bonds is 3. The Labute approximate surface area is 132 Å². The van der Waals surface area contributed by atoms with Crippen molar-refractivity contribution in [3.8, 4) is 0 Å². The topological polar surface area (TPSA) is 57.8 Å². The third-order valence-electron chi connectivity index (χ3n) is 4.32. The Bertz CT molecular complexity index is 895. The van der Waals surface area contributed by atoms with E-state index in [1.165, 1.54) is 48.2 Å². The molecule has 4 nitrogen and oxygen atoms in total.